The molecule has 0 heterocycles. The van der Waals surface area contributed by atoms with Gasteiger partial charge in [0.05, 0.1) is 5.02 Å². The lowest BCUT2D eigenvalue weighted by Crippen LogP contribution is -2.33. The highest BCUT2D eigenvalue weighted by atomic mass is 35.5. The van der Waals surface area contributed by atoms with Crippen molar-refractivity contribution in [2.24, 2.45) is 10.9 Å². The number of nitrogens with zero attached hydrogens (tertiary/aromatic N) is 2. The topological polar surface area (TPSA) is 61.8 Å². The van der Waals surface area contributed by atoms with Crippen molar-refractivity contribution in [1.29, 1.82) is 0 Å². The Balaban J connectivity index is 3.00. The fourth-order valence-corrected chi connectivity index (χ4v) is 3.01. The number of hydrogen-bond donors (Lipinski definition) is 2. The van der Waals surface area contributed by atoms with E-state index in [1.165, 1.54) is 0 Å². The van der Waals surface area contributed by atoms with Crippen molar-refractivity contribution in [2.75, 3.05) is 24.0 Å². The van der Waals surface area contributed by atoms with E-state index in [1.807, 2.05) is 23.9 Å². The molecule has 1 unspecified atom stereocenters. The van der Waals surface area contributed by atoms with Crippen LogP contribution in [-0.4, -0.2) is 36.1 Å². The Kier molecular flexibility index (Phi) is 6.31. The van der Waals surface area contributed by atoms with Crippen LogP contribution >= 0.6 is 23.4 Å². The third-order valence-corrected chi connectivity index (χ3v) is 4.15. The molecule has 0 fully saturated rings. The van der Waals surface area contributed by atoms with E-state index in [0.717, 1.165) is 17.9 Å². The lowest BCUT2D eigenvalue weighted by molar-refractivity contribution is 0.318. The van der Waals surface area contributed by atoms with Crippen molar-refractivity contribution in [2.45, 2.75) is 19.4 Å². The number of amidine groups is 1. The van der Waals surface area contributed by atoms with E-state index in [9.17, 15) is 0 Å². The van der Waals surface area contributed by atoms with Gasteiger partial charge in [0.25, 0.3) is 0 Å². The van der Waals surface area contributed by atoms with Gasteiger partial charge in [0.2, 0.25) is 0 Å². The molecule has 0 bridgehead atoms. The van der Waals surface area contributed by atoms with E-state index >= 15 is 0 Å². The molecular formula is C13H20ClN3OS. The summed E-state index contributed by atoms with van der Waals surface area (Å²) in [4.78, 5) is 2.21. The molecule has 0 spiro atoms. The minimum atomic E-state index is 0.0235. The molecule has 19 heavy (non-hydrogen) atoms. The molecule has 0 radical (unpaired) electrons. The maximum Gasteiger partial charge on any atom is 0.171 e. The van der Waals surface area contributed by atoms with Crippen LogP contribution in [-0.2, 0) is 0 Å². The molecule has 0 saturated carbocycles. The van der Waals surface area contributed by atoms with Crippen molar-refractivity contribution in [3.63, 3.8) is 0 Å². The van der Waals surface area contributed by atoms with E-state index in [1.54, 1.807) is 6.07 Å². The lowest BCUT2D eigenvalue weighted by atomic mass is 10.1. The summed E-state index contributed by atoms with van der Waals surface area (Å²) < 4.78 is 0. The molecule has 0 aromatic heterocycles. The molecule has 4 nitrogen and oxygen atoms in total. The standard InChI is InChI=1S/C13H20ClN3OS/c1-4-9(8-19-3)17(2)10-5-6-11(12(14)7-10)13(15)16-18/h5-7,9,18H,4,8H2,1-3H3,(H2,15,16). The third kappa shape index (κ3) is 3.94. The number of benzene rings is 1. The molecule has 106 valence electrons. The summed E-state index contributed by atoms with van der Waals surface area (Å²) in [7, 11) is 2.05. The van der Waals surface area contributed by atoms with E-state index in [-0.39, 0.29) is 5.84 Å². The maximum absolute atomic E-state index is 8.68. The Morgan fingerprint density at radius 3 is 2.74 bits per heavy atom. The summed E-state index contributed by atoms with van der Waals surface area (Å²) >= 11 is 7.99. The van der Waals surface area contributed by atoms with Crippen LogP contribution in [0, 0.1) is 0 Å². The highest BCUT2D eigenvalue weighted by Gasteiger charge is 2.14. The zero-order valence-electron chi connectivity index (χ0n) is 11.4. The Morgan fingerprint density at radius 2 is 2.26 bits per heavy atom. The predicted octanol–water partition coefficient (Wildman–Crippen LogP) is 3.01. The van der Waals surface area contributed by atoms with Crippen LogP contribution in [0.15, 0.2) is 23.4 Å². The van der Waals surface area contributed by atoms with Crippen LogP contribution in [0.5, 0.6) is 0 Å². The second-order valence-electron chi connectivity index (χ2n) is 4.28. The number of hydrogen-bond acceptors (Lipinski definition) is 4. The van der Waals surface area contributed by atoms with Gasteiger partial charge in [-0.15, -0.1) is 0 Å². The minimum absolute atomic E-state index is 0.0235. The predicted molar refractivity (Wildman–Crippen MR) is 84.8 cm³/mol. The molecular weight excluding hydrogens is 282 g/mol. The zero-order chi connectivity index (χ0) is 14.4. The fraction of sp³-hybridized carbons (Fsp3) is 0.462. The Hall–Kier alpha value is -1.07. The Labute approximate surface area is 123 Å². The van der Waals surface area contributed by atoms with E-state index < -0.39 is 0 Å². The fourth-order valence-electron chi connectivity index (χ4n) is 1.89. The van der Waals surface area contributed by atoms with Gasteiger partial charge in [-0.25, -0.2) is 0 Å². The van der Waals surface area contributed by atoms with Gasteiger partial charge in [-0.05, 0) is 30.9 Å². The molecule has 1 aromatic rings. The molecule has 0 aliphatic carbocycles. The summed E-state index contributed by atoms with van der Waals surface area (Å²) in [6.45, 7) is 2.17. The van der Waals surface area contributed by atoms with Gasteiger partial charge < -0.3 is 15.8 Å². The first-order valence-electron chi connectivity index (χ1n) is 6.04. The average Bonchev–Trinajstić information content (AvgIpc) is 2.43. The van der Waals surface area contributed by atoms with Crippen molar-refractivity contribution in [1.82, 2.24) is 0 Å². The van der Waals surface area contributed by atoms with Gasteiger partial charge in [0.15, 0.2) is 5.84 Å². The summed E-state index contributed by atoms with van der Waals surface area (Å²) in [6.07, 6.45) is 3.17. The van der Waals surface area contributed by atoms with E-state index in [2.05, 4.69) is 30.3 Å². The highest BCUT2D eigenvalue weighted by Crippen LogP contribution is 2.25. The number of rotatable bonds is 6. The maximum atomic E-state index is 8.68. The smallest absolute Gasteiger partial charge is 0.171 e. The van der Waals surface area contributed by atoms with Crippen molar-refractivity contribution in [3.8, 4) is 0 Å². The third-order valence-electron chi connectivity index (χ3n) is 3.12. The monoisotopic (exact) mass is 301 g/mol. The number of anilines is 1. The largest absolute Gasteiger partial charge is 0.409 e. The molecule has 6 heteroatoms. The second kappa shape index (κ2) is 7.50. The van der Waals surface area contributed by atoms with Gasteiger partial charge >= 0.3 is 0 Å². The zero-order valence-corrected chi connectivity index (χ0v) is 13.0. The quantitative estimate of drug-likeness (QED) is 0.367. The summed E-state index contributed by atoms with van der Waals surface area (Å²) in [5.74, 6) is 1.09. The van der Waals surface area contributed by atoms with Gasteiger partial charge in [0.1, 0.15) is 0 Å². The van der Waals surface area contributed by atoms with E-state index in [0.29, 0.717) is 16.6 Å². The molecule has 1 atom stereocenters. The summed E-state index contributed by atoms with van der Waals surface area (Å²) in [5, 5.41) is 12.1. The Morgan fingerprint density at radius 1 is 1.58 bits per heavy atom. The summed E-state index contributed by atoms with van der Waals surface area (Å²) in [5.41, 5.74) is 7.12. The van der Waals surface area contributed by atoms with Crippen molar-refractivity contribution in [3.05, 3.63) is 28.8 Å². The summed E-state index contributed by atoms with van der Waals surface area (Å²) in [6, 6.07) is 6.01. The van der Waals surface area contributed by atoms with Crippen LogP contribution in [0.25, 0.3) is 0 Å². The number of nitrogens with two attached hydrogens (primary N) is 1. The van der Waals surface area contributed by atoms with Gasteiger partial charge in [-0.3, -0.25) is 0 Å². The molecule has 0 amide bonds. The lowest BCUT2D eigenvalue weighted by Gasteiger charge is -2.29. The minimum Gasteiger partial charge on any atom is -0.409 e. The van der Waals surface area contributed by atoms with Crippen LogP contribution in [0.3, 0.4) is 0 Å². The van der Waals surface area contributed by atoms with Crippen LogP contribution in [0.1, 0.15) is 18.9 Å². The number of thioether (sulfide) groups is 1. The van der Waals surface area contributed by atoms with Gasteiger partial charge in [-0.1, -0.05) is 23.7 Å². The first-order valence-corrected chi connectivity index (χ1v) is 7.81. The molecule has 1 aromatic carbocycles. The van der Waals surface area contributed by atoms with Gasteiger partial charge in [-0.2, -0.15) is 11.8 Å². The Bertz CT molecular complexity index is 454. The SMILES string of the molecule is CCC(CSC)N(C)c1ccc(/C(N)=N/O)c(Cl)c1. The first kappa shape index (κ1) is 16.0. The van der Waals surface area contributed by atoms with Crippen molar-refractivity contribution < 1.29 is 5.21 Å². The molecule has 0 saturated heterocycles. The van der Waals surface area contributed by atoms with Crippen LogP contribution in [0.4, 0.5) is 5.69 Å². The number of oxime groups is 1. The molecule has 0 aliphatic rings. The molecule has 1 rings (SSSR count). The second-order valence-corrected chi connectivity index (χ2v) is 5.60. The highest BCUT2D eigenvalue weighted by molar-refractivity contribution is 7.98. The van der Waals surface area contributed by atoms with Crippen LogP contribution < -0.4 is 10.6 Å². The van der Waals surface area contributed by atoms with Crippen LogP contribution in [0.2, 0.25) is 5.02 Å². The number of halogens is 1. The van der Waals surface area contributed by atoms with Gasteiger partial charge in [0, 0.05) is 30.1 Å². The first-order chi connectivity index (χ1) is 9.04. The molecule has 3 N–H and O–H groups in total. The normalized spacial score (nSPS) is 13.4. The molecule has 0 aliphatic heterocycles. The van der Waals surface area contributed by atoms with E-state index in [4.69, 9.17) is 22.5 Å². The van der Waals surface area contributed by atoms with Crippen molar-refractivity contribution >= 4 is 34.9 Å². The average molecular weight is 302 g/mol.